The first-order valence-corrected chi connectivity index (χ1v) is 27.7. The molecule has 3 nitrogen and oxygen atoms in total. The summed E-state index contributed by atoms with van der Waals surface area (Å²) in [6.07, 6.45) is 2.20. The number of anilines is 9. The van der Waals surface area contributed by atoms with Crippen molar-refractivity contribution in [3.63, 3.8) is 0 Å². The van der Waals surface area contributed by atoms with Gasteiger partial charge in [0.05, 0.1) is 11.4 Å². The minimum Gasteiger partial charge on any atom is -0.311 e. The molecule has 0 unspecified atom stereocenters. The van der Waals surface area contributed by atoms with Crippen LogP contribution in [0.1, 0.15) is 149 Å². The molecule has 0 N–H and O–H groups in total. The molecule has 8 aromatic carbocycles. The van der Waals surface area contributed by atoms with Crippen LogP contribution in [0.15, 0.2) is 164 Å². The standard InChI is InChI=1S/C71H76BN3/c1-45-35-53-55(70(12,13)43-68(53,8)9)41-61(45)75-60-34-32-48(67(5,6)7)37-57(60)72-58-40-54-56(71(14,15)44-69(54,10)11)42-62(58)74(59-33-31-47(66(2,3)4)36-52(59)46-25-19-16-20-26-46)63-38-51(39-64(75)65(63)72)73(49-27-21-17-22-28-49)50-29-23-18-24-30-50/h16-42H,43-44H2,1-15H3. The first-order valence-electron chi connectivity index (χ1n) is 27.7. The number of para-hydroxylation sites is 2. The van der Waals surface area contributed by atoms with Gasteiger partial charge in [-0.25, -0.2) is 0 Å². The second-order valence-corrected chi connectivity index (χ2v) is 27.4. The molecule has 2 aliphatic heterocycles. The minimum absolute atomic E-state index is 0.0000187. The molecule has 378 valence electrons. The van der Waals surface area contributed by atoms with Crippen molar-refractivity contribution >= 4 is 74.3 Å². The first-order chi connectivity index (χ1) is 35.3. The lowest BCUT2D eigenvalue weighted by molar-refractivity contribution is 0.402. The van der Waals surface area contributed by atoms with Crippen LogP contribution in [0.25, 0.3) is 11.1 Å². The maximum atomic E-state index is 2.71. The summed E-state index contributed by atoms with van der Waals surface area (Å²) in [6, 6.07) is 63.5. The SMILES string of the molecule is Cc1cc2c(cc1N1c3ccc(C(C)(C)C)cc3B3c4cc5c(cc4N(c4ccc(C(C)(C)C)cc4-c4ccccc4)c4cc(N(c6ccccc6)c6ccccc6)cc1c43)C(C)(C)CC5(C)C)C(C)(C)CC2(C)C. The van der Waals surface area contributed by atoms with Crippen molar-refractivity contribution < 1.29 is 0 Å². The summed E-state index contributed by atoms with van der Waals surface area (Å²) in [5.41, 5.74) is 27.1. The number of hydrogen-bond donors (Lipinski definition) is 0. The molecular weight excluding hydrogens is 906 g/mol. The zero-order valence-electron chi connectivity index (χ0n) is 47.4. The van der Waals surface area contributed by atoms with Crippen LogP contribution < -0.4 is 31.1 Å². The van der Waals surface area contributed by atoms with Crippen LogP contribution in [0.2, 0.25) is 0 Å². The van der Waals surface area contributed by atoms with Crippen LogP contribution >= 0.6 is 0 Å². The lowest BCUT2D eigenvalue weighted by Gasteiger charge is -2.46. The maximum Gasteiger partial charge on any atom is 0.252 e. The van der Waals surface area contributed by atoms with Gasteiger partial charge in [-0.2, -0.15) is 0 Å². The smallest absolute Gasteiger partial charge is 0.252 e. The molecule has 4 heteroatoms. The highest BCUT2D eigenvalue weighted by molar-refractivity contribution is 7.00. The zero-order chi connectivity index (χ0) is 52.9. The van der Waals surface area contributed by atoms with Gasteiger partial charge >= 0.3 is 0 Å². The molecule has 0 amide bonds. The molecule has 4 aliphatic rings. The average Bonchev–Trinajstić information content (AvgIpc) is 3.72. The molecule has 0 saturated carbocycles. The number of aryl methyl sites for hydroxylation is 1. The van der Waals surface area contributed by atoms with Gasteiger partial charge in [0.1, 0.15) is 0 Å². The Hall–Kier alpha value is -6.78. The number of benzene rings is 8. The molecule has 0 fully saturated rings. The molecular formula is C71H76BN3. The quantitative estimate of drug-likeness (QED) is 0.154. The Kier molecular flexibility index (Phi) is 10.9. The van der Waals surface area contributed by atoms with Crippen molar-refractivity contribution in [1.29, 1.82) is 0 Å². The highest BCUT2D eigenvalue weighted by Crippen LogP contribution is 2.57. The average molecular weight is 982 g/mol. The molecule has 0 radical (unpaired) electrons. The number of nitrogens with zero attached hydrogens (tertiary/aromatic N) is 3. The van der Waals surface area contributed by atoms with E-state index in [1.54, 1.807) is 0 Å². The van der Waals surface area contributed by atoms with Crippen molar-refractivity contribution in [1.82, 2.24) is 0 Å². The van der Waals surface area contributed by atoms with Crippen molar-refractivity contribution in [2.24, 2.45) is 0 Å². The van der Waals surface area contributed by atoms with Gasteiger partial charge in [0.2, 0.25) is 0 Å². The zero-order valence-corrected chi connectivity index (χ0v) is 47.4. The highest BCUT2D eigenvalue weighted by Gasteiger charge is 2.50. The van der Waals surface area contributed by atoms with E-state index in [-0.39, 0.29) is 39.2 Å². The summed E-state index contributed by atoms with van der Waals surface area (Å²) < 4.78 is 0. The minimum atomic E-state index is -0.0648. The van der Waals surface area contributed by atoms with Gasteiger partial charge < -0.3 is 14.7 Å². The van der Waals surface area contributed by atoms with Gasteiger partial charge in [0.25, 0.3) is 6.71 Å². The van der Waals surface area contributed by atoms with E-state index in [4.69, 9.17) is 0 Å². The van der Waals surface area contributed by atoms with Gasteiger partial charge in [0, 0.05) is 45.4 Å². The van der Waals surface area contributed by atoms with E-state index in [0.717, 1.165) is 29.9 Å². The second-order valence-electron chi connectivity index (χ2n) is 27.4. The van der Waals surface area contributed by atoms with Crippen molar-refractivity contribution in [2.75, 3.05) is 14.7 Å². The van der Waals surface area contributed by atoms with E-state index in [0.29, 0.717) is 0 Å². The summed E-state index contributed by atoms with van der Waals surface area (Å²) in [5, 5.41) is 0. The summed E-state index contributed by atoms with van der Waals surface area (Å²) in [7, 11) is 0. The van der Waals surface area contributed by atoms with E-state index in [1.165, 1.54) is 101 Å². The van der Waals surface area contributed by atoms with Gasteiger partial charge in [-0.05, 0) is 180 Å². The van der Waals surface area contributed by atoms with Crippen molar-refractivity contribution in [3.8, 4) is 11.1 Å². The molecule has 0 bridgehead atoms. The van der Waals surface area contributed by atoms with E-state index in [9.17, 15) is 0 Å². The predicted octanol–water partition coefficient (Wildman–Crippen LogP) is 17.7. The molecule has 0 atom stereocenters. The van der Waals surface area contributed by atoms with Crippen LogP contribution in [-0.4, -0.2) is 6.71 Å². The van der Waals surface area contributed by atoms with E-state index >= 15 is 0 Å². The molecule has 8 aromatic rings. The molecule has 0 spiro atoms. The summed E-state index contributed by atoms with van der Waals surface area (Å²) in [5.74, 6) is 0. The van der Waals surface area contributed by atoms with E-state index in [2.05, 4.69) is 282 Å². The Labute approximate surface area is 449 Å². The van der Waals surface area contributed by atoms with Gasteiger partial charge in [-0.3, -0.25) is 0 Å². The Morgan fingerprint density at radius 3 is 1.35 bits per heavy atom. The molecule has 2 aliphatic carbocycles. The molecule has 2 heterocycles. The highest BCUT2D eigenvalue weighted by atomic mass is 15.2. The van der Waals surface area contributed by atoms with Gasteiger partial charge in [0.15, 0.2) is 0 Å². The van der Waals surface area contributed by atoms with E-state index in [1.807, 2.05) is 0 Å². The molecule has 0 saturated heterocycles. The summed E-state index contributed by atoms with van der Waals surface area (Å²) in [6.45, 7) is 36.2. The third kappa shape index (κ3) is 7.82. The fourth-order valence-corrected chi connectivity index (χ4v) is 14.6. The Bertz CT molecular complexity index is 3550. The summed E-state index contributed by atoms with van der Waals surface area (Å²) in [4.78, 5) is 7.87. The third-order valence-electron chi connectivity index (χ3n) is 17.8. The van der Waals surface area contributed by atoms with Crippen LogP contribution in [0.5, 0.6) is 0 Å². The number of fused-ring (bicyclic) bond motifs is 6. The third-order valence-corrected chi connectivity index (χ3v) is 17.8. The molecule has 75 heavy (non-hydrogen) atoms. The van der Waals surface area contributed by atoms with Gasteiger partial charge in [-0.15, -0.1) is 0 Å². The predicted molar refractivity (Wildman–Crippen MR) is 324 cm³/mol. The van der Waals surface area contributed by atoms with Crippen LogP contribution in [0.3, 0.4) is 0 Å². The van der Waals surface area contributed by atoms with Crippen molar-refractivity contribution in [2.45, 2.75) is 149 Å². The van der Waals surface area contributed by atoms with E-state index < -0.39 is 0 Å². The van der Waals surface area contributed by atoms with Crippen molar-refractivity contribution in [3.05, 3.63) is 203 Å². The fourth-order valence-electron chi connectivity index (χ4n) is 14.6. The lowest BCUT2D eigenvalue weighted by atomic mass is 9.33. The molecule has 0 aromatic heterocycles. The monoisotopic (exact) mass is 982 g/mol. The second kappa shape index (κ2) is 16.6. The number of rotatable bonds is 6. The Morgan fingerprint density at radius 1 is 0.400 bits per heavy atom. The summed E-state index contributed by atoms with van der Waals surface area (Å²) >= 11 is 0. The normalized spacial score (nSPS) is 17.2. The van der Waals surface area contributed by atoms with Crippen LogP contribution in [0, 0.1) is 6.92 Å². The molecule has 12 rings (SSSR count). The first kappa shape index (κ1) is 49.1. The lowest BCUT2D eigenvalue weighted by Crippen LogP contribution is -2.62. The largest absolute Gasteiger partial charge is 0.311 e. The number of hydrogen-bond acceptors (Lipinski definition) is 3. The van der Waals surface area contributed by atoms with Crippen LogP contribution in [0.4, 0.5) is 51.2 Å². The fraction of sp³-hybridized carbons (Fsp3) is 0.324. The Balaban J connectivity index is 1.27. The van der Waals surface area contributed by atoms with Gasteiger partial charge in [-0.1, -0.05) is 194 Å². The topological polar surface area (TPSA) is 9.72 Å². The Morgan fingerprint density at radius 2 is 0.827 bits per heavy atom. The maximum absolute atomic E-state index is 2.71. The van der Waals surface area contributed by atoms with Crippen LogP contribution in [-0.2, 0) is 32.5 Å².